The number of benzene rings is 1. The van der Waals surface area contributed by atoms with Crippen LogP contribution >= 0.6 is 22.7 Å². The lowest BCUT2D eigenvalue weighted by molar-refractivity contribution is -0.130. The molecule has 0 aliphatic rings. The Hall–Kier alpha value is -2.77. The molecular weight excluding hydrogens is 414 g/mol. The minimum Gasteiger partial charge on any atom is -0.341 e. The summed E-state index contributed by atoms with van der Waals surface area (Å²) < 4.78 is 1.55. The van der Waals surface area contributed by atoms with Gasteiger partial charge in [-0.1, -0.05) is 29.8 Å². The van der Waals surface area contributed by atoms with Gasteiger partial charge in [0.05, 0.1) is 18.3 Å². The number of aromatic nitrogens is 2. The maximum Gasteiger partial charge on any atom is 0.262 e. The summed E-state index contributed by atoms with van der Waals surface area (Å²) >= 11 is 3.13. The zero-order valence-corrected chi connectivity index (χ0v) is 18.8. The highest BCUT2D eigenvalue weighted by atomic mass is 32.1. The minimum atomic E-state index is -0.0959. The average Bonchev–Trinajstić information content (AvgIpc) is 3.34. The lowest BCUT2D eigenvalue weighted by atomic mass is 10.1. The number of hydrogen-bond donors (Lipinski definition) is 0. The number of rotatable bonds is 6. The van der Waals surface area contributed by atoms with Crippen LogP contribution in [0.15, 0.2) is 52.2 Å². The molecule has 0 N–H and O–H groups in total. The van der Waals surface area contributed by atoms with E-state index < -0.39 is 0 Å². The molecule has 0 bridgehead atoms. The normalized spacial score (nSPS) is 11.2. The zero-order valence-electron chi connectivity index (χ0n) is 17.2. The van der Waals surface area contributed by atoms with Crippen LogP contribution < -0.4 is 5.56 Å². The molecule has 0 aliphatic carbocycles. The van der Waals surface area contributed by atoms with Crippen molar-refractivity contribution in [3.8, 4) is 11.1 Å². The van der Waals surface area contributed by atoms with Crippen LogP contribution in [0.25, 0.3) is 21.3 Å². The fourth-order valence-corrected chi connectivity index (χ4v) is 5.21. The summed E-state index contributed by atoms with van der Waals surface area (Å²) in [6, 6.07) is 10.2. The predicted molar refractivity (Wildman–Crippen MR) is 124 cm³/mol. The summed E-state index contributed by atoms with van der Waals surface area (Å²) in [6.07, 6.45) is 1.81. The molecule has 4 aromatic rings. The smallest absolute Gasteiger partial charge is 0.262 e. The topological polar surface area (TPSA) is 55.2 Å². The molecule has 0 spiro atoms. The molecule has 154 valence electrons. The zero-order chi connectivity index (χ0) is 21.3. The third kappa shape index (κ3) is 4.08. The van der Waals surface area contributed by atoms with Crippen molar-refractivity contribution in [2.24, 2.45) is 0 Å². The molecule has 0 saturated heterocycles. The van der Waals surface area contributed by atoms with Gasteiger partial charge in [0.2, 0.25) is 5.91 Å². The van der Waals surface area contributed by atoms with Crippen molar-refractivity contribution in [3.05, 3.63) is 73.8 Å². The maximum absolute atomic E-state index is 13.1. The second-order valence-electron chi connectivity index (χ2n) is 7.47. The summed E-state index contributed by atoms with van der Waals surface area (Å²) in [4.78, 5) is 33.8. The highest BCUT2D eigenvalue weighted by Gasteiger charge is 2.15. The van der Waals surface area contributed by atoms with Gasteiger partial charge in [0.25, 0.3) is 5.56 Å². The van der Waals surface area contributed by atoms with Crippen LogP contribution in [-0.2, 0) is 17.9 Å². The largest absolute Gasteiger partial charge is 0.341 e. The molecule has 30 heavy (non-hydrogen) atoms. The van der Waals surface area contributed by atoms with Gasteiger partial charge in [-0.3, -0.25) is 14.2 Å². The Morgan fingerprint density at radius 1 is 1.13 bits per heavy atom. The van der Waals surface area contributed by atoms with Crippen molar-refractivity contribution in [1.29, 1.82) is 0 Å². The Balaban J connectivity index is 1.53. The molecule has 5 nitrogen and oxygen atoms in total. The Morgan fingerprint density at radius 3 is 2.60 bits per heavy atom. The predicted octanol–water partition coefficient (Wildman–Crippen LogP) is 4.85. The van der Waals surface area contributed by atoms with E-state index in [1.807, 2.05) is 41.9 Å². The molecule has 1 amide bonds. The summed E-state index contributed by atoms with van der Waals surface area (Å²) in [6.45, 7) is 5.00. The summed E-state index contributed by atoms with van der Waals surface area (Å²) in [5.74, 6) is 0.0128. The Morgan fingerprint density at radius 2 is 1.90 bits per heavy atom. The van der Waals surface area contributed by atoms with Crippen LogP contribution in [0.3, 0.4) is 0 Å². The van der Waals surface area contributed by atoms with E-state index in [4.69, 9.17) is 0 Å². The van der Waals surface area contributed by atoms with E-state index in [-0.39, 0.29) is 17.9 Å². The number of thiophene rings is 2. The Bertz CT molecular complexity index is 1250. The number of amides is 1. The van der Waals surface area contributed by atoms with Crippen LogP contribution in [0, 0.1) is 13.8 Å². The molecule has 0 unspecified atom stereocenters. The SMILES string of the molecule is Cc1ccc(-c2csc3ncn(CCC(=O)N(C)Cc4sccc4C)c(=O)c23)cc1. The molecule has 3 aromatic heterocycles. The van der Waals surface area contributed by atoms with Crippen LogP contribution in [-0.4, -0.2) is 27.4 Å². The highest BCUT2D eigenvalue weighted by Crippen LogP contribution is 2.30. The van der Waals surface area contributed by atoms with E-state index in [1.54, 1.807) is 34.2 Å². The Labute approximate surface area is 183 Å². The van der Waals surface area contributed by atoms with Gasteiger partial charge in [0.1, 0.15) is 4.83 Å². The molecule has 7 heteroatoms. The number of hydrogen-bond acceptors (Lipinski definition) is 5. The fraction of sp³-hybridized carbons (Fsp3) is 0.261. The first-order valence-corrected chi connectivity index (χ1v) is 11.5. The van der Waals surface area contributed by atoms with Crippen LogP contribution in [0.4, 0.5) is 0 Å². The minimum absolute atomic E-state index is 0.0128. The van der Waals surface area contributed by atoms with E-state index in [0.717, 1.165) is 16.0 Å². The molecular formula is C23H23N3O2S2. The van der Waals surface area contributed by atoms with Gasteiger partial charge in [-0.15, -0.1) is 22.7 Å². The van der Waals surface area contributed by atoms with E-state index in [1.165, 1.54) is 27.3 Å². The summed E-state index contributed by atoms with van der Waals surface area (Å²) in [5, 5.41) is 4.65. The third-order valence-electron chi connectivity index (χ3n) is 5.26. The van der Waals surface area contributed by atoms with E-state index in [9.17, 15) is 9.59 Å². The van der Waals surface area contributed by atoms with Gasteiger partial charge in [-0.25, -0.2) is 4.98 Å². The monoisotopic (exact) mass is 437 g/mol. The number of fused-ring (bicyclic) bond motifs is 1. The molecule has 4 rings (SSSR count). The Kier molecular flexibility index (Phi) is 5.83. The van der Waals surface area contributed by atoms with Crippen molar-refractivity contribution in [2.45, 2.75) is 33.4 Å². The van der Waals surface area contributed by atoms with Gasteiger partial charge in [-0.2, -0.15) is 0 Å². The molecule has 0 fully saturated rings. The average molecular weight is 438 g/mol. The molecule has 0 atom stereocenters. The van der Waals surface area contributed by atoms with Crippen LogP contribution in [0.2, 0.25) is 0 Å². The molecule has 1 aromatic carbocycles. The second-order valence-corrected chi connectivity index (χ2v) is 9.32. The summed E-state index contributed by atoms with van der Waals surface area (Å²) in [5.41, 5.74) is 4.19. The van der Waals surface area contributed by atoms with Crippen molar-refractivity contribution in [1.82, 2.24) is 14.5 Å². The molecule has 3 heterocycles. The number of nitrogens with zero attached hydrogens (tertiary/aromatic N) is 3. The van der Waals surface area contributed by atoms with Gasteiger partial charge in [-0.05, 0) is 36.4 Å². The number of carbonyl (C=O) groups excluding carboxylic acids is 1. The second kappa shape index (κ2) is 8.53. The highest BCUT2D eigenvalue weighted by molar-refractivity contribution is 7.17. The third-order valence-corrected chi connectivity index (χ3v) is 7.16. The molecule has 0 saturated carbocycles. The van der Waals surface area contributed by atoms with Gasteiger partial charge in [0.15, 0.2) is 0 Å². The van der Waals surface area contributed by atoms with Crippen molar-refractivity contribution >= 4 is 38.8 Å². The van der Waals surface area contributed by atoms with Crippen molar-refractivity contribution in [3.63, 3.8) is 0 Å². The van der Waals surface area contributed by atoms with Gasteiger partial charge < -0.3 is 4.90 Å². The summed E-state index contributed by atoms with van der Waals surface area (Å²) in [7, 11) is 1.81. The van der Waals surface area contributed by atoms with Crippen molar-refractivity contribution < 1.29 is 4.79 Å². The van der Waals surface area contributed by atoms with E-state index in [2.05, 4.69) is 18.0 Å². The van der Waals surface area contributed by atoms with Crippen LogP contribution in [0.1, 0.15) is 22.4 Å². The first kappa shape index (κ1) is 20.5. The van der Waals surface area contributed by atoms with Crippen molar-refractivity contribution in [2.75, 3.05) is 7.05 Å². The first-order valence-electron chi connectivity index (χ1n) is 9.74. The molecule has 0 aliphatic heterocycles. The van der Waals surface area contributed by atoms with Gasteiger partial charge in [0, 0.05) is 35.8 Å². The number of carbonyl (C=O) groups is 1. The number of aryl methyl sites for hydroxylation is 3. The standard InChI is InChI=1S/C23H23N3O2S2/c1-15-4-6-17(7-5-15)18-13-30-22-21(18)23(28)26(14-24-22)10-8-20(27)25(3)12-19-16(2)9-11-29-19/h4-7,9,11,13-14H,8,10,12H2,1-3H3. The quantitative estimate of drug-likeness (QED) is 0.433. The maximum atomic E-state index is 13.1. The first-order chi connectivity index (χ1) is 14.4. The van der Waals surface area contributed by atoms with Crippen LogP contribution in [0.5, 0.6) is 0 Å². The lowest BCUT2D eigenvalue weighted by Crippen LogP contribution is -2.29. The van der Waals surface area contributed by atoms with E-state index in [0.29, 0.717) is 18.5 Å². The molecule has 0 radical (unpaired) electrons. The van der Waals surface area contributed by atoms with Gasteiger partial charge >= 0.3 is 0 Å². The fourth-order valence-electron chi connectivity index (χ4n) is 3.35. The van der Waals surface area contributed by atoms with E-state index >= 15 is 0 Å². The lowest BCUT2D eigenvalue weighted by Gasteiger charge is -2.17.